The molecule has 4 atom stereocenters. The fraction of sp³-hybridized carbons (Fsp3) is 0.600. The van der Waals surface area contributed by atoms with E-state index in [1.165, 1.54) is 31.2 Å². The Hall–Kier alpha value is -4.29. The molecule has 5 N–H and O–H groups in total. The smallest absolute Gasteiger partial charge is 0.408 e. The number of alkyl halides is 2. The number of hydrogen-bond acceptors (Lipinski definition) is 13. The molecular formula is C35H53Cl2N5O12S. The third-order valence-electron chi connectivity index (χ3n) is 6.90. The van der Waals surface area contributed by atoms with E-state index >= 15 is 0 Å². The fourth-order valence-electron chi connectivity index (χ4n) is 4.23. The number of esters is 2. The second kappa shape index (κ2) is 21.7. The summed E-state index contributed by atoms with van der Waals surface area (Å²) in [4.78, 5) is 73.5. The summed E-state index contributed by atoms with van der Waals surface area (Å²) in [5, 5.41) is 12.9. The normalized spacial score (nSPS) is 13.9. The Bertz CT molecular complexity index is 1630. The molecule has 55 heavy (non-hydrogen) atoms. The van der Waals surface area contributed by atoms with Gasteiger partial charge in [-0.15, -0.1) is 0 Å². The Morgan fingerprint density at radius 3 is 1.73 bits per heavy atom. The van der Waals surface area contributed by atoms with E-state index in [-0.39, 0.29) is 36.4 Å². The van der Waals surface area contributed by atoms with Gasteiger partial charge in [0.05, 0.1) is 23.8 Å². The predicted octanol–water partition coefficient (Wildman–Crippen LogP) is 3.33. The molecule has 4 amide bonds. The first-order chi connectivity index (χ1) is 25.2. The zero-order chi connectivity index (χ0) is 42.3. The van der Waals surface area contributed by atoms with E-state index in [2.05, 4.69) is 33.2 Å². The average molecular weight is 839 g/mol. The number of nitrogens with one attached hydrogen (secondary N) is 5. The van der Waals surface area contributed by atoms with Gasteiger partial charge in [0, 0.05) is 25.0 Å². The summed E-state index contributed by atoms with van der Waals surface area (Å²) in [5.74, 6) is -3.15. The van der Waals surface area contributed by atoms with Crippen molar-refractivity contribution in [2.45, 2.75) is 113 Å². The van der Waals surface area contributed by atoms with Crippen molar-refractivity contribution in [2.75, 3.05) is 26.0 Å². The van der Waals surface area contributed by atoms with Crippen molar-refractivity contribution in [1.29, 1.82) is 0 Å². The Kier molecular flexibility index (Phi) is 19.2. The van der Waals surface area contributed by atoms with Crippen LogP contribution in [0.3, 0.4) is 0 Å². The van der Waals surface area contributed by atoms with Crippen molar-refractivity contribution >= 4 is 69.0 Å². The highest BCUT2D eigenvalue weighted by Crippen LogP contribution is 2.25. The molecule has 0 heterocycles. The number of hydrogen-bond donors (Lipinski definition) is 5. The minimum Gasteiger partial charge on any atom is -0.463 e. The summed E-state index contributed by atoms with van der Waals surface area (Å²) in [6.07, 6.45) is -2.42. The molecule has 1 aromatic carbocycles. The zero-order valence-electron chi connectivity index (χ0n) is 32.5. The van der Waals surface area contributed by atoms with E-state index in [4.69, 9.17) is 42.1 Å². The molecule has 2 unspecified atom stereocenters. The number of benzene rings is 1. The lowest BCUT2D eigenvalue weighted by Gasteiger charge is -2.28. The topological polar surface area (TPSA) is 234 Å². The van der Waals surface area contributed by atoms with Crippen LogP contribution >= 0.6 is 23.2 Å². The Morgan fingerprint density at radius 1 is 0.745 bits per heavy atom. The SMILES string of the molecule is C=C(NCCC(=O)OC[C@@H](NC(=O)C(Cl)Cl)[C@H](OC(=O)CCNC(=O)C(C)NC(=O)OC(C)(C)C)c1ccc(S(C)(=O)=O)cc1)C(C)NC(=O)OC(C)(C)C. The molecule has 0 aliphatic rings. The van der Waals surface area contributed by atoms with Crippen molar-refractivity contribution in [2.24, 2.45) is 0 Å². The van der Waals surface area contributed by atoms with Gasteiger partial charge in [0.25, 0.3) is 5.91 Å². The Balaban J connectivity index is 3.08. The number of halogens is 2. The number of sulfone groups is 1. The monoisotopic (exact) mass is 837 g/mol. The van der Waals surface area contributed by atoms with Crippen LogP contribution in [0.4, 0.5) is 9.59 Å². The molecule has 310 valence electrons. The van der Waals surface area contributed by atoms with Crippen molar-refractivity contribution in [3.05, 3.63) is 42.1 Å². The second-order valence-electron chi connectivity index (χ2n) is 14.3. The highest BCUT2D eigenvalue weighted by Gasteiger charge is 2.32. The lowest BCUT2D eigenvalue weighted by atomic mass is 10.0. The molecule has 0 aliphatic heterocycles. The summed E-state index contributed by atoms with van der Waals surface area (Å²) >= 11 is 11.6. The second-order valence-corrected chi connectivity index (χ2v) is 17.4. The molecule has 1 aromatic rings. The maximum atomic E-state index is 13.1. The van der Waals surface area contributed by atoms with Crippen molar-refractivity contribution < 1.29 is 56.1 Å². The molecule has 0 radical (unpaired) electrons. The number of carbonyl (C=O) groups excluding carboxylic acids is 6. The highest BCUT2D eigenvalue weighted by molar-refractivity contribution is 7.90. The van der Waals surface area contributed by atoms with Gasteiger partial charge in [-0.1, -0.05) is 41.9 Å². The van der Waals surface area contributed by atoms with Gasteiger partial charge in [-0.3, -0.25) is 19.2 Å². The third-order valence-corrected chi connectivity index (χ3v) is 8.43. The van der Waals surface area contributed by atoms with Gasteiger partial charge in [-0.2, -0.15) is 0 Å². The van der Waals surface area contributed by atoms with E-state index in [9.17, 15) is 37.2 Å². The quantitative estimate of drug-likeness (QED) is 0.0766. The van der Waals surface area contributed by atoms with Crippen LogP contribution in [0.2, 0.25) is 0 Å². The number of amides is 4. The van der Waals surface area contributed by atoms with Crippen LogP contribution in [0.25, 0.3) is 0 Å². The summed E-state index contributed by atoms with van der Waals surface area (Å²) < 4.78 is 45.7. The summed E-state index contributed by atoms with van der Waals surface area (Å²) in [6.45, 7) is 16.3. The summed E-state index contributed by atoms with van der Waals surface area (Å²) in [5.41, 5.74) is -0.907. The Morgan fingerprint density at radius 2 is 1.24 bits per heavy atom. The molecule has 20 heteroatoms. The predicted molar refractivity (Wildman–Crippen MR) is 204 cm³/mol. The van der Waals surface area contributed by atoms with Crippen LogP contribution in [0, 0.1) is 0 Å². The van der Waals surface area contributed by atoms with Crippen LogP contribution < -0.4 is 26.6 Å². The van der Waals surface area contributed by atoms with Crippen molar-refractivity contribution in [1.82, 2.24) is 26.6 Å². The minimum absolute atomic E-state index is 0.0450. The lowest BCUT2D eigenvalue weighted by Crippen LogP contribution is -2.47. The minimum atomic E-state index is -3.61. The molecule has 1 rings (SSSR count). The van der Waals surface area contributed by atoms with Crippen LogP contribution in [0.5, 0.6) is 0 Å². The first kappa shape index (κ1) is 48.7. The first-order valence-corrected chi connectivity index (χ1v) is 19.9. The molecular weight excluding hydrogens is 785 g/mol. The van der Waals surface area contributed by atoms with Crippen LogP contribution in [-0.4, -0.2) is 104 Å². The molecule has 0 aromatic heterocycles. The van der Waals surface area contributed by atoms with Crippen molar-refractivity contribution in [3.63, 3.8) is 0 Å². The average Bonchev–Trinajstić information content (AvgIpc) is 3.03. The van der Waals surface area contributed by atoms with Gasteiger partial charge in [0.2, 0.25) is 5.91 Å². The zero-order valence-corrected chi connectivity index (χ0v) is 34.8. The van der Waals surface area contributed by atoms with E-state index in [0.717, 1.165) is 6.26 Å². The van der Waals surface area contributed by atoms with E-state index in [1.54, 1.807) is 48.5 Å². The van der Waals surface area contributed by atoms with Gasteiger partial charge in [0.15, 0.2) is 20.8 Å². The molecule has 0 spiro atoms. The van der Waals surface area contributed by atoms with Gasteiger partial charge < -0.3 is 45.5 Å². The van der Waals surface area contributed by atoms with Gasteiger partial charge in [-0.05, 0) is 73.1 Å². The molecule has 0 bridgehead atoms. The summed E-state index contributed by atoms with van der Waals surface area (Å²) in [6, 6.07) is 2.37. The summed E-state index contributed by atoms with van der Waals surface area (Å²) in [7, 11) is -3.61. The fourth-order valence-corrected chi connectivity index (χ4v) is 4.99. The lowest BCUT2D eigenvalue weighted by molar-refractivity contribution is -0.155. The van der Waals surface area contributed by atoms with Crippen LogP contribution in [0.15, 0.2) is 41.4 Å². The van der Waals surface area contributed by atoms with E-state index in [1.807, 2.05) is 0 Å². The molecule has 0 aliphatic carbocycles. The number of carbonyl (C=O) groups is 6. The number of alkyl carbamates (subject to hydrolysis) is 2. The molecule has 0 fully saturated rings. The molecule has 17 nitrogen and oxygen atoms in total. The Labute approximate surface area is 332 Å². The van der Waals surface area contributed by atoms with Gasteiger partial charge in [0.1, 0.15) is 29.9 Å². The third kappa shape index (κ3) is 20.3. The largest absolute Gasteiger partial charge is 0.463 e. The standard InChI is InChI=1S/C35H53Cl2N5O12S/c1-20(21(2)40-32(47)53-34(4,5)6)38-17-15-26(43)51-19-25(42-31(46)29(36)37)28(23-11-13-24(14-12-23)55(10,49)50)52-27(44)16-18-39-30(45)22(3)41-33(48)54-35(7,8)9/h11-14,21-22,25,28-29,38H,1,15-19H2,2-10H3,(H,39,45)(H,40,47)(H,41,48)(H,42,46)/t21?,22?,25-,28-/m1/s1. The number of ether oxygens (including phenoxy) is 4. The maximum absolute atomic E-state index is 13.1. The maximum Gasteiger partial charge on any atom is 0.408 e. The van der Waals surface area contributed by atoms with E-state index in [0.29, 0.717) is 5.70 Å². The van der Waals surface area contributed by atoms with Crippen LogP contribution in [0.1, 0.15) is 79.9 Å². The van der Waals surface area contributed by atoms with Crippen LogP contribution in [-0.2, 0) is 48.0 Å². The van der Waals surface area contributed by atoms with Gasteiger partial charge in [-0.25, -0.2) is 18.0 Å². The first-order valence-electron chi connectivity index (χ1n) is 17.1. The van der Waals surface area contributed by atoms with E-state index < -0.39 is 92.7 Å². The number of rotatable bonds is 19. The van der Waals surface area contributed by atoms with Gasteiger partial charge >= 0.3 is 24.1 Å². The van der Waals surface area contributed by atoms with Crippen molar-refractivity contribution in [3.8, 4) is 0 Å². The molecule has 0 saturated heterocycles. The molecule has 0 saturated carbocycles. The highest BCUT2D eigenvalue weighted by atomic mass is 35.5.